The number of methoxy groups -OCH3 is 2. The van der Waals surface area contributed by atoms with Crippen molar-refractivity contribution in [2.75, 3.05) is 20.8 Å². The highest BCUT2D eigenvalue weighted by molar-refractivity contribution is 5.88. The van der Waals surface area contributed by atoms with E-state index in [-0.39, 0.29) is 0 Å². The molecule has 1 heterocycles. The number of benzene rings is 1. The van der Waals surface area contributed by atoms with Crippen LogP contribution in [0.1, 0.15) is 53.4 Å². The van der Waals surface area contributed by atoms with Gasteiger partial charge in [-0.2, -0.15) is 0 Å². The Kier molecular flexibility index (Phi) is 9.44. The van der Waals surface area contributed by atoms with Crippen LogP contribution in [0.5, 0.6) is 17.2 Å². The second-order valence-electron chi connectivity index (χ2n) is 7.88. The normalized spacial score (nSPS) is 12.1. The lowest BCUT2D eigenvalue weighted by Gasteiger charge is -2.15. The Morgan fingerprint density at radius 3 is 2.23 bits per heavy atom. The molecule has 168 valence electrons. The van der Waals surface area contributed by atoms with E-state index in [0.29, 0.717) is 34.8 Å². The fourth-order valence-corrected chi connectivity index (χ4v) is 3.22. The van der Waals surface area contributed by atoms with Crippen molar-refractivity contribution < 1.29 is 18.6 Å². The van der Waals surface area contributed by atoms with Gasteiger partial charge in [0.2, 0.25) is 11.5 Å². The molecule has 1 aromatic heterocycles. The Bertz CT molecular complexity index is 1020. The third kappa shape index (κ3) is 7.35. The molecule has 0 N–H and O–H groups in total. The summed E-state index contributed by atoms with van der Waals surface area (Å²) in [6.45, 7) is 8.92. The van der Waals surface area contributed by atoms with Gasteiger partial charge < -0.3 is 18.6 Å². The van der Waals surface area contributed by atoms with Crippen LogP contribution in [-0.2, 0) is 0 Å². The van der Waals surface area contributed by atoms with E-state index in [4.69, 9.17) is 18.6 Å². The molecule has 0 aliphatic heterocycles. The molecule has 0 aliphatic carbocycles. The maximum atomic E-state index is 11.6. The van der Waals surface area contributed by atoms with E-state index in [1.165, 1.54) is 29.9 Å². The molecular weight excluding hydrogens is 392 g/mol. The number of fused-ring (bicyclic) bond motifs is 1. The molecule has 0 atom stereocenters. The molecule has 1 aromatic carbocycles. The summed E-state index contributed by atoms with van der Waals surface area (Å²) in [7, 11) is 3.08. The molecule has 0 fully saturated rings. The molecule has 5 heteroatoms. The van der Waals surface area contributed by atoms with Gasteiger partial charge in [0.25, 0.3) is 0 Å². The maximum absolute atomic E-state index is 11.6. The van der Waals surface area contributed by atoms with Gasteiger partial charge >= 0.3 is 5.63 Å². The van der Waals surface area contributed by atoms with Crippen molar-refractivity contribution in [2.24, 2.45) is 0 Å². The lowest BCUT2D eigenvalue weighted by molar-refractivity contribution is 0.299. The van der Waals surface area contributed by atoms with E-state index in [0.717, 1.165) is 25.7 Å². The summed E-state index contributed by atoms with van der Waals surface area (Å²) < 4.78 is 22.2. The Morgan fingerprint density at radius 1 is 0.903 bits per heavy atom. The molecule has 5 nitrogen and oxygen atoms in total. The van der Waals surface area contributed by atoms with Crippen LogP contribution in [-0.4, -0.2) is 20.8 Å². The van der Waals surface area contributed by atoms with Crippen LogP contribution in [0.25, 0.3) is 11.0 Å². The zero-order valence-electron chi connectivity index (χ0n) is 19.5. The third-order valence-electron chi connectivity index (χ3n) is 4.99. The highest BCUT2D eigenvalue weighted by Crippen LogP contribution is 2.43. The summed E-state index contributed by atoms with van der Waals surface area (Å²) >= 11 is 0. The first-order valence-corrected chi connectivity index (χ1v) is 10.6. The van der Waals surface area contributed by atoms with Crippen molar-refractivity contribution in [3.8, 4) is 17.2 Å². The highest BCUT2D eigenvalue weighted by atomic mass is 16.5. The Morgan fingerprint density at radius 2 is 1.58 bits per heavy atom. The lowest BCUT2D eigenvalue weighted by Crippen LogP contribution is -2.02. The summed E-state index contributed by atoms with van der Waals surface area (Å²) in [6, 6.07) is 4.82. The van der Waals surface area contributed by atoms with Crippen LogP contribution in [0.2, 0.25) is 0 Å². The number of allylic oxidation sites excluding steroid dienone is 5. The lowest BCUT2D eigenvalue weighted by atomic mass is 10.1. The molecule has 0 unspecified atom stereocenters. The highest BCUT2D eigenvalue weighted by Gasteiger charge is 2.18. The van der Waals surface area contributed by atoms with E-state index < -0.39 is 5.63 Å². The summed E-state index contributed by atoms with van der Waals surface area (Å²) in [4.78, 5) is 11.6. The summed E-state index contributed by atoms with van der Waals surface area (Å²) in [5.41, 5.74) is 3.95. The van der Waals surface area contributed by atoms with Crippen LogP contribution < -0.4 is 19.8 Å². The molecule has 0 bridgehead atoms. The van der Waals surface area contributed by atoms with E-state index in [1.807, 2.05) is 0 Å². The molecule has 0 saturated carbocycles. The van der Waals surface area contributed by atoms with Crippen LogP contribution in [0.15, 0.2) is 62.4 Å². The average Bonchev–Trinajstić information content (AvgIpc) is 2.72. The largest absolute Gasteiger partial charge is 0.493 e. The van der Waals surface area contributed by atoms with Gasteiger partial charge in [0.15, 0.2) is 11.3 Å². The van der Waals surface area contributed by atoms with Gasteiger partial charge in [0, 0.05) is 11.5 Å². The van der Waals surface area contributed by atoms with E-state index in [1.54, 1.807) is 19.2 Å². The molecule has 0 aliphatic rings. The zero-order chi connectivity index (χ0) is 22.8. The van der Waals surface area contributed by atoms with E-state index in [9.17, 15) is 4.79 Å². The minimum absolute atomic E-state index is 0.347. The SMILES string of the molecule is COc1cc2ccc(=O)oc2c(OC)c1OC/C=C(\C)CC/C=C(\C)CCC=C(C)C. The molecule has 0 spiro atoms. The second kappa shape index (κ2) is 12.0. The van der Waals surface area contributed by atoms with Crippen LogP contribution in [0, 0.1) is 0 Å². The summed E-state index contributed by atoms with van der Waals surface area (Å²) in [5.74, 6) is 1.30. The van der Waals surface area contributed by atoms with Crippen molar-refractivity contribution in [2.45, 2.75) is 53.4 Å². The maximum Gasteiger partial charge on any atom is 0.336 e. The first-order valence-electron chi connectivity index (χ1n) is 10.6. The standard InChI is InChI=1S/C26H34O5/c1-18(2)9-7-10-19(3)11-8-12-20(4)15-16-30-25-22(28-5)17-21-13-14-23(27)31-24(21)26(25)29-6/h9,11,13-15,17H,7-8,10,12,16H2,1-6H3/b19-11+,20-15+. The van der Waals surface area contributed by atoms with Gasteiger partial charge in [-0.05, 0) is 71.6 Å². The van der Waals surface area contributed by atoms with Gasteiger partial charge in [0.05, 0.1) is 14.2 Å². The van der Waals surface area contributed by atoms with Crippen LogP contribution in [0.3, 0.4) is 0 Å². The van der Waals surface area contributed by atoms with Gasteiger partial charge in [-0.25, -0.2) is 4.79 Å². The fourth-order valence-electron chi connectivity index (χ4n) is 3.22. The minimum atomic E-state index is -0.443. The molecule has 2 rings (SSSR count). The van der Waals surface area contributed by atoms with Gasteiger partial charge in [-0.15, -0.1) is 0 Å². The molecule has 0 saturated heterocycles. The van der Waals surface area contributed by atoms with Crippen LogP contribution >= 0.6 is 0 Å². The van der Waals surface area contributed by atoms with Gasteiger partial charge in [-0.1, -0.05) is 28.9 Å². The first kappa shape index (κ1) is 24.3. The fraction of sp³-hybridized carbons (Fsp3) is 0.423. The van der Waals surface area contributed by atoms with Crippen molar-refractivity contribution in [1.29, 1.82) is 0 Å². The smallest absolute Gasteiger partial charge is 0.336 e. The van der Waals surface area contributed by atoms with Crippen molar-refractivity contribution in [3.05, 3.63) is 63.6 Å². The topological polar surface area (TPSA) is 57.9 Å². The Labute approximate surface area is 185 Å². The Balaban J connectivity index is 2.02. The van der Waals surface area contributed by atoms with Crippen molar-refractivity contribution in [3.63, 3.8) is 0 Å². The number of hydrogen-bond donors (Lipinski definition) is 0. The number of rotatable bonds is 11. The van der Waals surface area contributed by atoms with Gasteiger partial charge in [-0.3, -0.25) is 0 Å². The molecule has 2 aromatic rings. The predicted molar refractivity (Wildman–Crippen MR) is 126 cm³/mol. The van der Waals surface area contributed by atoms with Crippen molar-refractivity contribution in [1.82, 2.24) is 0 Å². The summed E-state index contributed by atoms with van der Waals surface area (Å²) in [5, 5.41) is 0.708. The quantitative estimate of drug-likeness (QED) is 0.299. The Hall–Kier alpha value is -2.95. The monoisotopic (exact) mass is 426 g/mol. The second-order valence-corrected chi connectivity index (χ2v) is 7.88. The van der Waals surface area contributed by atoms with Crippen molar-refractivity contribution >= 4 is 11.0 Å². The zero-order valence-corrected chi connectivity index (χ0v) is 19.5. The van der Waals surface area contributed by atoms with Crippen LogP contribution in [0.4, 0.5) is 0 Å². The molecule has 0 radical (unpaired) electrons. The number of hydrogen-bond acceptors (Lipinski definition) is 5. The average molecular weight is 427 g/mol. The minimum Gasteiger partial charge on any atom is -0.493 e. The first-order chi connectivity index (χ1) is 14.8. The van der Waals surface area contributed by atoms with E-state index in [2.05, 4.69) is 45.9 Å². The summed E-state index contributed by atoms with van der Waals surface area (Å²) in [6.07, 6.45) is 10.8. The number of ether oxygens (including phenoxy) is 3. The predicted octanol–water partition coefficient (Wildman–Crippen LogP) is 6.61. The van der Waals surface area contributed by atoms with E-state index >= 15 is 0 Å². The molecule has 31 heavy (non-hydrogen) atoms. The molecule has 0 amide bonds. The van der Waals surface area contributed by atoms with Gasteiger partial charge in [0.1, 0.15) is 6.61 Å². The third-order valence-corrected chi connectivity index (χ3v) is 4.99. The molecular formula is C26H34O5.